The molecule has 21 heavy (non-hydrogen) atoms. The van der Waals surface area contributed by atoms with Crippen LogP contribution in [0.15, 0.2) is 64.9 Å². The molecule has 0 spiro atoms. The topological polar surface area (TPSA) is 53.6 Å². The molecule has 0 aliphatic heterocycles. The van der Waals surface area contributed by atoms with Crippen LogP contribution in [0.1, 0.15) is 5.56 Å². The standard InChI is InChI=1S/C15H13FN4S/c16-12-3-1-2-11(8-12)9-17-13-4-6-14(7-5-13)21-15-18-10-19-20-15/h1-8,10,17H,9H2,(H,18,19,20). The van der Waals surface area contributed by atoms with Crippen molar-refractivity contribution in [2.24, 2.45) is 0 Å². The van der Waals surface area contributed by atoms with E-state index < -0.39 is 0 Å². The molecule has 0 aliphatic carbocycles. The Morgan fingerprint density at radius 1 is 1.14 bits per heavy atom. The molecule has 0 radical (unpaired) electrons. The fraction of sp³-hybridized carbons (Fsp3) is 0.0667. The molecule has 0 saturated heterocycles. The molecule has 0 bridgehead atoms. The van der Waals surface area contributed by atoms with Gasteiger partial charge in [-0.1, -0.05) is 23.9 Å². The molecule has 2 aromatic carbocycles. The van der Waals surface area contributed by atoms with Crippen molar-refractivity contribution in [3.63, 3.8) is 0 Å². The van der Waals surface area contributed by atoms with Crippen molar-refractivity contribution in [1.29, 1.82) is 0 Å². The first-order chi connectivity index (χ1) is 10.3. The number of nitrogens with zero attached hydrogens (tertiary/aromatic N) is 2. The number of nitrogens with one attached hydrogen (secondary N) is 2. The largest absolute Gasteiger partial charge is 0.381 e. The summed E-state index contributed by atoms with van der Waals surface area (Å²) in [5, 5.41) is 10.6. The smallest absolute Gasteiger partial charge is 0.188 e. The van der Waals surface area contributed by atoms with Gasteiger partial charge in [-0.25, -0.2) is 9.37 Å². The van der Waals surface area contributed by atoms with E-state index in [4.69, 9.17) is 0 Å². The molecular weight excluding hydrogens is 287 g/mol. The zero-order valence-corrected chi connectivity index (χ0v) is 11.9. The third kappa shape index (κ3) is 3.82. The van der Waals surface area contributed by atoms with Crippen LogP contribution >= 0.6 is 11.8 Å². The summed E-state index contributed by atoms with van der Waals surface area (Å²) in [6.45, 7) is 0.590. The molecule has 4 nitrogen and oxygen atoms in total. The minimum Gasteiger partial charge on any atom is -0.381 e. The molecule has 0 aliphatic rings. The Bertz CT molecular complexity index is 698. The van der Waals surface area contributed by atoms with Crippen molar-refractivity contribution in [3.05, 3.63) is 66.2 Å². The molecule has 0 unspecified atom stereocenters. The maximum Gasteiger partial charge on any atom is 0.188 e. The second-order valence-electron chi connectivity index (χ2n) is 4.40. The Morgan fingerprint density at radius 3 is 2.71 bits per heavy atom. The van der Waals surface area contributed by atoms with Crippen LogP contribution in [0.4, 0.5) is 10.1 Å². The zero-order valence-electron chi connectivity index (χ0n) is 11.1. The van der Waals surface area contributed by atoms with E-state index >= 15 is 0 Å². The molecule has 0 fully saturated rings. The lowest BCUT2D eigenvalue weighted by Crippen LogP contribution is -1.99. The highest BCUT2D eigenvalue weighted by Gasteiger charge is 2.00. The van der Waals surface area contributed by atoms with Gasteiger partial charge < -0.3 is 5.32 Å². The Labute approximate surface area is 125 Å². The Hall–Kier alpha value is -2.34. The van der Waals surface area contributed by atoms with E-state index in [1.54, 1.807) is 6.07 Å². The maximum absolute atomic E-state index is 13.1. The summed E-state index contributed by atoms with van der Waals surface area (Å²) in [6, 6.07) is 14.5. The summed E-state index contributed by atoms with van der Waals surface area (Å²) in [7, 11) is 0. The summed E-state index contributed by atoms with van der Waals surface area (Å²) in [5.74, 6) is -0.215. The van der Waals surface area contributed by atoms with Crippen LogP contribution in [-0.2, 0) is 6.54 Å². The van der Waals surface area contributed by atoms with Gasteiger partial charge in [0.2, 0.25) is 0 Å². The Kier molecular flexibility index (Phi) is 4.16. The number of rotatable bonds is 5. The zero-order chi connectivity index (χ0) is 14.5. The number of aromatic amines is 1. The Morgan fingerprint density at radius 2 is 2.00 bits per heavy atom. The summed E-state index contributed by atoms with van der Waals surface area (Å²) in [5.41, 5.74) is 1.90. The second-order valence-corrected chi connectivity index (χ2v) is 5.46. The van der Waals surface area contributed by atoms with Crippen LogP contribution in [0, 0.1) is 5.82 Å². The van der Waals surface area contributed by atoms with Crippen LogP contribution in [0.3, 0.4) is 0 Å². The third-order valence-electron chi connectivity index (χ3n) is 2.85. The quantitative estimate of drug-likeness (QED) is 0.754. The van der Waals surface area contributed by atoms with E-state index in [2.05, 4.69) is 20.5 Å². The van der Waals surface area contributed by atoms with Gasteiger partial charge in [0, 0.05) is 17.1 Å². The minimum absolute atomic E-state index is 0.215. The van der Waals surface area contributed by atoms with Crippen LogP contribution in [0.25, 0.3) is 0 Å². The molecule has 0 atom stereocenters. The predicted octanol–water partition coefficient (Wildman–Crippen LogP) is 3.71. The first-order valence-corrected chi connectivity index (χ1v) is 7.23. The summed E-state index contributed by atoms with van der Waals surface area (Å²) in [6.07, 6.45) is 1.48. The van der Waals surface area contributed by atoms with Crippen LogP contribution < -0.4 is 5.32 Å². The van der Waals surface area contributed by atoms with Gasteiger partial charge in [-0.2, -0.15) is 5.10 Å². The number of aromatic nitrogens is 3. The molecule has 0 saturated carbocycles. The lowest BCUT2D eigenvalue weighted by molar-refractivity contribution is 0.626. The third-order valence-corrected chi connectivity index (χ3v) is 3.75. The van der Waals surface area contributed by atoms with Gasteiger partial charge in [-0.15, -0.1) is 0 Å². The molecular formula is C15H13FN4S. The van der Waals surface area contributed by atoms with Crippen LogP contribution in [0.5, 0.6) is 0 Å². The van der Waals surface area contributed by atoms with Crippen LogP contribution in [-0.4, -0.2) is 15.2 Å². The number of benzene rings is 2. The summed E-state index contributed by atoms with van der Waals surface area (Å²) < 4.78 is 13.1. The van der Waals surface area contributed by atoms with Gasteiger partial charge in [0.05, 0.1) is 0 Å². The lowest BCUT2D eigenvalue weighted by atomic mass is 10.2. The molecule has 2 N–H and O–H groups in total. The number of halogens is 1. The monoisotopic (exact) mass is 300 g/mol. The van der Waals surface area contributed by atoms with E-state index in [-0.39, 0.29) is 5.82 Å². The first-order valence-electron chi connectivity index (χ1n) is 6.41. The number of anilines is 1. The summed E-state index contributed by atoms with van der Waals surface area (Å²) in [4.78, 5) is 5.14. The number of hydrogen-bond acceptors (Lipinski definition) is 4. The fourth-order valence-corrected chi connectivity index (χ4v) is 2.54. The second kappa shape index (κ2) is 6.41. The van der Waals surface area contributed by atoms with Crippen molar-refractivity contribution in [1.82, 2.24) is 15.2 Å². The first kappa shape index (κ1) is 13.6. The van der Waals surface area contributed by atoms with Gasteiger partial charge in [0.25, 0.3) is 0 Å². The van der Waals surface area contributed by atoms with Gasteiger partial charge in [-0.05, 0) is 42.0 Å². The van der Waals surface area contributed by atoms with Crippen molar-refractivity contribution < 1.29 is 4.39 Å². The van der Waals surface area contributed by atoms with Crippen molar-refractivity contribution >= 4 is 17.4 Å². The highest BCUT2D eigenvalue weighted by Crippen LogP contribution is 2.25. The number of H-pyrrole nitrogens is 1. The van der Waals surface area contributed by atoms with Gasteiger partial charge in [-0.3, -0.25) is 5.10 Å². The molecule has 0 amide bonds. The van der Waals surface area contributed by atoms with E-state index in [1.807, 2.05) is 30.3 Å². The van der Waals surface area contributed by atoms with Gasteiger partial charge in [0.15, 0.2) is 5.16 Å². The van der Waals surface area contributed by atoms with E-state index in [9.17, 15) is 4.39 Å². The normalized spacial score (nSPS) is 10.5. The van der Waals surface area contributed by atoms with Gasteiger partial charge in [0.1, 0.15) is 12.1 Å². The van der Waals surface area contributed by atoms with Crippen molar-refractivity contribution in [2.75, 3.05) is 5.32 Å². The highest BCUT2D eigenvalue weighted by atomic mass is 32.2. The SMILES string of the molecule is Fc1cccc(CNc2ccc(Sc3ncn[nH]3)cc2)c1. The molecule has 1 heterocycles. The average molecular weight is 300 g/mol. The van der Waals surface area contributed by atoms with Crippen molar-refractivity contribution in [2.45, 2.75) is 16.6 Å². The lowest BCUT2D eigenvalue weighted by Gasteiger charge is -2.07. The molecule has 6 heteroatoms. The summed E-state index contributed by atoms with van der Waals surface area (Å²) >= 11 is 1.51. The van der Waals surface area contributed by atoms with E-state index in [0.29, 0.717) is 6.54 Å². The average Bonchev–Trinajstić information content (AvgIpc) is 3.00. The minimum atomic E-state index is -0.215. The molecule has 3 aromatic rings. The highest BCUT2D eigenvalue weighted by molar-refractivity contribution is 7.99. The van der Waals surface area contributed by atoms with Crippen LogP contribution in [0.2, 0.25) is 0 Å². The maximum atomic E-state index is 13.1. The van der Waals surface area contributed by atoms with Gasteiger partial charge >= 0.3 is 0 Å². The predicted molar refractivity (Wildman–Crippen MR) is 80.7 cm³/mol. The molecule has 1 aromatic heterocycles. The fourth-order valence-electron chi connectivity index (χ4n) is 1.85. The molecule has 3 rings (SSSR count). The van der Waals surface area contributed by atoms with Crippen molar-refractivity contribution in [3.8, 4) is 0 Å². The van der Waals surface area contributed by atoms with E-state index in [0.717, 1.165) is 21.3 Å². The molecule has 106 valence electrons. The number of hydrogen-bond donors (Lipinski definition) is 2. The van der Waals surface area contributed by atoms with E-state index in [1.165, 1.54) is 30.2 Å². The Balaban J connectivity index is 1.59.